The molecule has 0 atom stereocenters. The number of nitrogens with zero attached hydrogens (tertiary/aromatic N) is 2. The minimum absolute atomic E-state index is 0.455. The molecule has 0 amide bonds. The molecule has 1 aromatic carbocycles. The smallest absolute Gasteiger partial charge is 0.231 e. The fourth-order valence-electron chi connectivity index (χ4n) is 3.04. The molecule has 1 heterocycles. The van der Waals surface area contributed by atoms with Gasteiger partial charge in [0.1, 0.15) is 0 Å². The van der Waals surface area contributed by atoms with Crippen LogP contribution < -0.4 is 5.73 Å². The fourth-order valence-corrected chi connectivity index (χ4v) is 3.04. The van der Waals surface area contributed by atoms with Gasteiger partial charge in [-0.2, -0.15) is 4.98 Å². The zero-order valence-electron chi connectivity index (χ0n) is 12.8. The molecule has 0 spiro atoms. The average Bonchev–Trinajstić information content (AvgIpc) is 2.87. The molecule has 0 unspecified atom stereocenters. The maximum atomic E-state index is 5.79. The van der Waals surface area contributed by atoms with Crippen LogP contribution in [0.15, 0.2) is 28.8 Å². The van der Waals surface area contributed by atoms with Crippen LogP contribution >= 0.6 is 0 Å². The van der Waals surface area contributed by atoms with Crippen LogP contribution in [-0.2, 0) is 6.42 Å². The van der Waals surface area contributed by atoms with Crippen molar-refractivity contribution >= 4 is 5.69 Å². The van der Waals surface area contributed by atoms with Crippen LogP contribution in [0.1, 0.15) is 62.7 Å². The molecule has 1 fully saturated rings. The summed E-state index contributed by atoms with van der Waals surface area (Å²) in [5, 5.41) is 4.19. The minimum atomic E-state index is 0.455. The van der Waals surface area contributed by atoms with Gasteiger partial charge in [-0.15, -0.1) is 0 Å². The third-order valence-corrected chi connectivity index (χ3v) is 4.49. The molecule has 0 aliphatic heterocycles. The number of hydrogen-bond donors (Lipinski definition) is 1. The van der Waals surface area contributed by atoms with E-state index < -0.39 is 0 Å². The molecule has 2 N–H and O–H groups in total. The highest BCUT2D eigenvalue weighted by Crippen LogP contribution is 2.41. The van der Waals surface area contributed by atoms with Crippen molar-refractivity contribution in [2.75, 3.05) is 5.73 Å². The van der Waals surface area contributed by atoms with Crippen molar-refractivity contribution in [1.29, 1.82) is 0 Å². The lowest BCUT2D eigenvalue weighted by Gasteiger charge is -2.32. The largest absolute Gasteiger partial charge is 0.399 e. The number of nitrogens with two attached hydrogens (primary N) is 1. The number of aromatic nitrogens is 2. The molecule has 1 aromatic heterocycles. The van der Waals surface area contributed by atoms with E-state index >= 15 is 0 Å². The Kier molecular flexibility index (Phi) is 3.70. The standard InChI is InChI=1S/C17H23N3O/c1-17(2)8-6-13(7-9-17)16-19-15(21-20-16)11-12-4-3-5-14(18)10-12/h3-5,10,13H,6-9,11,18H2,1-2H3. The monoisotopic (exact) mass is 285 g/mol. The first-order valence-electron chi connectivity index (χ1n) is 7.69. The van der Waals surface area contributed by atoms with Gasteiger partial charge in [0.15, 0.2) is 5.82 Å². The predicted octanol–water partition coefficient (Wildman–Crippen LogP) is 3.93. The first-order valence-corrected chi connectivity index (χ1v) is 7.69. The van der Waals surface area contributed by atoms with E-state index in [2.05, 4.69) is 24.0 Å². The number of rotatable bonds is 3. The Hall–Kier alpha value is -1.84. The van der Waals surface area contributed by atoms with Crippen molar-refractivity contribution in [2.24, 2.45) is 5.41 Å². The van der Waals surface area contributed by atoms with Crippen LogP contribution in [0.25, 0.3) is 0 Å². The molecule has 112 valence electrons. The lowest BCUT2D eigenvalue weighted by atomic mass is 9.73. The van der Waals surface area contributed by atoms with Gasteiger partial charge < -0.3 is 10.3 Å². The lowest BCUT2D eigenvalue weighted by Crippen LogP contribution is -2.20. The number of nitrogen functional groups attached to an aromatic ring is 1. The summed E-state index contributed by atoms with van der Waals surface area (Å²) in [7, 11) is 0. The Morgan fingerprint density at radius 1 is 1.29 bits per heavy atom. The molecule has 0 bridgehead atoms. The van der Waals surface area contributed by atoms with Crippen molar-refractivity contribution < 1.29 is 4.52 Å². The van der Waals surface area contributed by atoms with Gasteiger partial charge in [-0.05, 0) is 48.8 Å². The van der Waals surface area contributed by atoms with E-state index in [9.17, 15) is 0 Å². The molecule has 0 saturated heterocycles. The van der Waals surface area contributed by atoms with Gasteiger partial charge in [-0.25, -0.2) is 0 Å². The van der Waals surface area contributed by atoms with Gasteiger partial charge in [0, 0.05) is 11.6 Å². The topological polar surface area (TPSA) is 64.9 Å². The van der Waals surface area contributed by atoms with E-state index in [1.807, 2.05) is 24.3 Å². The Labute approximate surface area is 125 Å². The highest BCUT2D eigenvalue weighted by atomic mass is 16.5. The quantitative estimate of drug-likeness (QED) is 0.868. The fraction of sp³-hybridized carbons (Fsp3) is 0.529. The molecule has 0 radical (unpaired) electrons. The van der Waals surface area contributed by atoms with Gasteiger partial charge in [-0.3, -0.25) is 0 Å². The van der Waals surface area contributed by atoms with Gasteiger partial charge in [0.05, 0.1) is 6.42 Å². The summed E-state index contributed by atoms with van der Waals surface area (Å²) < 4.78 is 5.41. The summed E-state index contributed by atoms with van der Waals surface area (Å²) in [4.78, 5) is 4.59. The van der Waals surface area contributed by atoms with E-state index in [1.165, 1.54) is 12.8 Å². The van der Waals surface area contributed by atoms with Crippen LogP contribution in [0.5, 0.6) is 0 Å². The molecule has 4 heteroatoms. The molecule has 1 aliphatic rings. The molecule has 21 heavy (non-hydrogen) atoms. The summed E-state index contributed by atoms with van der Waals surface area (Å²) >= 11 is 0. The van der Waals surface area contributed by atoms with E-state index in [0.29, 0.717) is 23.6 Å². The Morgan fingerprint density at radius 2 is 2.05 bits per heavy atom. The maximum absolute atomic E-state index is 5.79. The normalized spacial score (nSPS) is 18.8. The number of hydrogen-bond acceptors (Lipinski definition) is 4. The Morgan fingerprint density at radius 3 is 2.76 bits per heavy atom. The Balaban J connectivity index is 1.67. The van der Waals surface area contributed by atoms with Crippen molar-refractivity contribution in [3.05, 3.63) is 41.5 Å². The molecule has 4 nitrogen and oxygen atoms in total. The van der Waals surface area contributed by atoms with Gasteiger partial charge in [-0.1, -0.05) is 31.1 Å². The van der Waals surface area contributed by atoms with Crippen LogP contribution in [0.2, 0.25) is 0 Å². The first-order chi connectivity index (χ1) is 10.0. The summed E-state index contributed by atoms with van der Waals surface area (Å²) in [6.45, 7) is 4.68. The van der Waals surface area contributed by atoms with Crippen LogP contribution in [-0.4, -0.2) is 10.1 Å². The van der Waals surface area contributed by atoms with Gasteiger partial charge in [0.25, 0.3) is 0 Å². The van der Waals surface area contributed by atoms with Crippen molar-refractivity contribution in [3.8, 4) is 0 Å². The average molecular weight is 285 g/mol. The molecular formula is C17H23N3O. The van der Waals surface area contributed by atoms with Crippen molar-refractivity contribution in [2.45, 2.75) is 51.9 Å². The number of benzene rings is 1. The predicted molar refractivity (Wildman–Crippen MR) is 82.9 cm³/mol. The number of anilines is 1. The highest BCUT2D eigenvalue weighted by molar-refractivity contribution is 5.41. The first kappa shape index (κ1) is 14.1. The SMILES string of the molecule is CC1(C)CCC(c2noc(Cc3cccc(N)c3)n2)CC1. The third kappa shape index (κ3) is 3.43. The third-order valence-electron chi connectivity index (χ3n) is 4.49. The lowest BCUT2D eigenvalue weighted by molar-refractivity contribution is 0.218. The molecule has 3 rings (SSSR count). The molecule has 1 aliphatic carbocycles. The zero-order chi connectivity index (χ0) is 14.9. The Bertz CT molecular complexity index is 608. The summed E-state index contributed by atoms with van der Waals surface area (Å²) in [5.74, 6) is 2.02. The summed E-state index contributed by atoms with van der Waals surface area (Å²) in [6.07, 6.45) is 5.43. The zero-order valence-corrected chi connectivity index (χ0v) is 12.8. The van der Waals surface area contributed by atoms with Gasteiger partial charge >= 0.3 is 0 Å². The van der Waals surface area contributed by atoms with E-state index in [-0.39, 0.29) is 0 Å². The second-order valence-electron chi connectivity index (χ2n) is 6.91. The van der Waals surface area contributed by atoms with E-state index in [4.69, 9.17) is 10.3 Å². The van der Waals surface area contributed by atoms with E-state index in [0.717, 1.165) is 29.9 Å². The molecule has 1 saturated carbocycles. The van der Waals surface area contributed by atoms with Crippen molar-refractivity contribution in [1.82, 2.24) is 10.1 Å². The molecule has 2 aromatic rings. The summed E-state index contributed by atoms with van der Waals surface area (Å²) in [5.41, 5.74) is 8.13. The van der Waals surface area contributed by atoms with Crippen LogP contribution in [0.3, 0.4) is 0 Å². The highest BCUT2D eigenvalue weighted by Gasteiger charge is 2.30. The second-order valence-corrected chi connectivity index (χ2v) is 6.91. The molecular weight excluding hydrogens is 262 g/mol. The maximum Gasteiger partial charge on any atom is 0.231 e. The van der Waals surface area contributed by atoms with Crippen LogP contribution in [0, 0.1) is 5.41 Å². The van der Waals surface area contributed by atoms with Gasteiger partial charge in [0.2, 0.25) is 5.89 Å². The van der Waals surface area contributed by atoms with Crippen LogP contribution in [0.4, 0.5) is 5.69 Å². The minimum Gasteiger partial charge on any atom is -0.399 e. The van der Waals surface area contributed by atoms with E-state index in [1.54, 1.807) is 0 Å². The summed E-state index contributed by atoms with van der Waals surface area (Å²) in [6, 6.07) is 7.81. The van der Waals surface area contributed by atoms with Crippen molar-refractivity contribution in [3.63, 3.8) is 0 Å². The second kappa shape index (κ2) is 5.51.